The van der Waals surface area contributed by atoms with Gasteiger partial charge in [-0.1, -0.05) is 36.4 Å². The van der Waals surface area contributed by atoms with Gasteiger partial charge in [0.1, 0.15) is 5.75 Å². The minimum Gasteiger partial charge on any atom is -0.497 e. The Morgan fingerprint density at radius 2 is 1.77 bits per heavy atom. The van der Waals surface area contributed by atoms with Crippen LogP contribution in [0.3, 0.4) is 0 Å². The largest absolute Gasteiger partial charge is 0.497 e. The molecule has 0 bridgehead atoms. The van der Waals surface area contributed by atoms with Crippen molar-refractivity contribution in [3.63, 3.8) is 0 Å². The lowest BCUT2D eigenvalue weighted by Crippen LogP contribution is -2.44. The Bertz CT molecular complexity index is 756. The number of hydrogen-bond donors (Lipinski definition) is 0. The van der Waals surface area contributed by atoms with Crippen molar-refractivity contribution < 1.29 is 23.8 Å². The quantitative estimate of drug-likeness (QED) is 0.771. The van der Waals surface area contributed by atoms with Gasteiger partial charge in [0.2, 0.25) is 6.10 Å². The molecule has 2 aromatic carbocycles. The SMILES string of the molecule is COc1cccc(C(=O)O[C@H](C(=O)N2CCOCC2)c2ccccc2)c1. The fourth-order valence-electron chi connectivity index (χ4n) is 2.76. The Balaban J connectivity index is 1.83. The molecule has 0 radical (unpaired) electrons. The van der Waals surface area contributed by atoms with Gasteiger partial charge in [-0.3, -0.25) is 4.79 Å². The van der Waals surface area contributed by atoms with Gasteiger partial charge in [-0.05, 0) is 18.2 Å². The van der Waals surface area contributed by atoms with Gasteiger partial charge >= 0.3 is 5.97 Å². The summed E-state index contributed by atoms with van der Waals surface area (Å²) in [6, 6.07) is 15.7. The zero-order valence-corrected chi connectivity index (χ0v) is 14.6. The fourth-order valence-corrected chi connectivity index (χ4v) is 2.76. The van der Waals surface area contributed by atoms with Crippen LogP contribution < -0.4 is 4.74 Å². The number of carbonyl (C=O) groups excluding carboxylic acids is 2. The van der Waals surface area contributed by atoms with Crippen LogP contribution in [-0.2, 0) is 14.3 Å². The molecule has 0 aliphatic carbocycles. The first kappa shape index (κ1) is 17.9. The minimum absolute atomic E-state index is 0.240. The van der Waals surface area contributed by atoms with Gasteiger partial charge in [-0.2, -0.15) is 0 Å². The molecule has 2 aromatic rings. The predicted octanol–water partition coefficient (Wildman–Crippen LogP) is 2.45. The molecule has 0 aromatic heterocycles. The lowest BCUT2D eigenvalue weighted by Gasteiger charge is -2.30. The highest BCUT2D eigenvalue weighted by Crippen LogP contribution is 2.23. The molecule has 1 fully saturated rings. The van der Waals surface area contributed by atoms with Crippen LogP contribution in [0, 0.1) is 0 Å². The molecule has 0 unspecified atom stereocenters. The topological polar surface area (TPSA) is 65.1 Å². The summed E-state index contributed by atoms with van der Waals surface area (Å²) in [6.45, 7) is 1.94. The van der Waals surface area contributed by atoms with Crippen molar-refractivity contribution in [1.29, 1.82) is 0 Å². The molecular weight excluding hydrogens is 334 g/mol. The second kappa shape index (κ2) is 8.49. The molecule has 136 valence electrons. The summed E-state index contributed by atoms with van der Waals surface area (Å²) in [4.78, 5) is 27.2. The molecule has 1 amide bonds. The Morgan fingerprint density at radius 1 is 1.04 bits per heavy atom. The second-order valence-electron chi connectivity index (χ2n) is 5.87. The van der Waals surface area contributed by atoms with Crippen molar-refractivity contribution in [2.75, 3.05) is 33.4 Å². The van der Waals surface area contributed by atoms with E-state index in [1.165, 1.54) is 7.11 Å². The van der Waals surface area contributed by atoms with E-state index in [1.54, 1.807) is 41.3 Å². The van der Waals surface area contributed by atoms with E-state index in [4.69, 9.17) is 14.2 Å². The number of amides is 1. The molecule has 1 heterocycles. The van der Waals surface area contributed by atoms with Gasteiger partial charge in [0.25, 0.3) is 5.91 Å². The van der Waals surface area contributed by atoms with Gasteiger partial charge in [0.05, 0.1) is 25.9 Å². The number of nitrogens with zero attached hydrogens (tertiary/aromatic N) is 1. The summed E-state index contributed by atoms with van der Waals surface area (Å²) in [7, 11) is 1.53. The highest BCUT2D eigenvalue weighted by molar-refractivity contribution is 5.93. The van der Waals surface area contributed by atoms with Crippen molar-refractivity contribution in [2.24, 2.45) is 0 Å². The van der Waals surface area contributed by atoms with Gasteiger partial charge in [-0.25, -0.2) is 4.79 Å². The molecule has 6 heteroatoms. The smallest absolute Gasteiger partial charge is 0.339 e. The lowest BCUT2D eigenvalue weighted by molar-refractivity contribution is -0.145. The van der Waals surface area contributed by atoms with E-state index in [0.29, 0.717) is 43.2 Å². The van der Waals surface area contributed by atoms with E-state index < -0.39 is 12.1 Å². The summed E-state index contributed by atoms with van der Waals surface area (Å²) in [6.07, 6.45) is -0.993. The third-order valence-corrected chi connectivity index (χ3v) is 4.18. The maximum Gasteiger partial charge on any atom is 0.339 e. The van der Waals surface area contributed by atoms with E-state index in [1.807, 2.05) is 18.2 Å². The molecular formula is C20H21NO5. The first-order valence-electron chi connectivity index (χ1n) is 8.45. The first-order valence-corrected chi connectivity index (χ1v) is 8.45. The van der Waals surface area contributed by atoms with E-state index in [0.717, 1.165) is 0 Å². The Morgan fingerprint density at radius 3 is 2.46 bits per heavy atom. The molecule has 1 aliphatic rings. The number of benzene rings is 2. The molecule has 3 rings (SSSR count). The van der Waals surface area contributed by atoms with Crippen molar-refractivity contribution >= 4 is 11.9 Å². The zero-order chi connectivity index (χ0) is 18.4. The maximum atomic E-state index is 13.0. The van der Waals surface area contributed by atoms with Crippen molar-refractivity contribution in [3.05, 3.63) is 65.7 Å². The Kier molecular flexibility index (Phi) is 5.86. The highest BCUT2D eigenvalue weighted by Gasteiger charge is 2.30. The fraction of sp³-hybridized carbons (Fsp3) is 0.300. The Hall–Kier alpha value is -2.86. The number of hydrogen-bond acceptors (Lipinski definition) is 5. The monoisotopic (exact) mass is 355 g/mol. The number of methoxy groups -OCH3 is 1. The van der Waals surface area contributed by atoms with Gasteiger partial charge in [0, 0.05) is 18.7 Å². The van der Waals surface area contributed by atoms with Gasteiger partial charge < -0.3 is 19.1 Å². The average molecular weight is 355 g/mol. The van der Waals surface area contributed by atoms with Crippen molar-refractivity contribution in [1.82, 2.24) is 4.90 Å². The number of morpholine rings is 1. The second-order valence-corrected chi connectivity index (χ2v) is 5.87. The van der Waals surface area contributed by atoms with E-state index in [-0.39, 0.29) is 5.91 Å². The molecule has 6 nitrogen and oxygen atoms in total. The third-order valence-electron chi connectivity index (χ3n) is 4.18. The normalized spacial score (nSPS) is 15.2. The maximum absolute atomic E-state index is 13.0. The number of esters is 1. The summed E-state index contributed by atoms with van der Waals surface area (Å²) < 4.78 is 16.0. The van der Waals surface area contributed by atoms with Crippen LogP contribution in [0.25, 0.3) is 0 Å². The zero-order valence-electron chi connectivity index (χ0n) is 14.6. The standard InChI is InChI=1S/C20H21NO5/c1-24-17-9-5-8-16(14-17)20(23)26-18(15-6-3-2-4-7-15)19(22)21-10-12-25-13-11-21/h2-9,14,18H,10-13H2,1H3/t18-/m0/s1. The first-order chi connectivity index (χ1) is 12.7. The van der Waals surface area contributed by atoms with Crippen LogP contribution in [0.15, 0.2) is 54.6 Å². The van der Waals surface area contributed by atoms with Crippen molar-refractivity contribution in [2.45, 2.75) is 6.10 Å². The molecule has 1 saturated heterocycles. The lowest BCUT2D eigenvalue weighted by atomic mass is 10.1. The van der Waals surface area contributed by atoms with Crippen LogP contribution in [0.1, 0.15) is 22.0 Å². The summed E-state index contributed by atoms with van der Waals surface area (Å²) in [5.74, 6) is -0.259. The Labute approximate surface area is 152 Å². The van der Waals surface area contributed by atoms with Gasteiger partial charge in [0.15, 0.2) is 0 Å². The molecule has 0 spiro atoms. The molecule has 1 aliphatic heterocycles. The van der Waals surface area contributed by atoms with E-state index in [2.05, 4.69) is 0 Å². The number of rotatable bonds is 5. The molecule has 26 heavy (non-hydrogen) atoms. The number of carbonyl (C=O) groups is 2. The molecule has 1 atom stereocenters. The summed E-state index contributed by atoms with van der Waals surface area (Å²) in [5.41, 5.74) is 0.972. The van der Waals surface area contributed by atoms with Crippen LogP contribution in [-0.4, -0.2) is 50.2 Å². The predicted molar refractivity (Wildman–Crippen MR) is 95.0 cm³/mol. The average Bonchev–Trinajstić information content (AvgIpc) is 2.72. The van der Waals surface area contributed by atoms with Crippen LogP contribution in [0.2, 0.25) is 0 Å². The van der Waals surface area contributed by atoms with Crippen molar-refractivity contribution in [3.8, 4) is 5.75 Å². The third kappa shape index (κ3) is 4.21. The molecule has 0 saturated carbocycles. The highest BCUT2D eigenvalue weighted by atomic mass is 16.5. The summed E-state index contributed by atoms with van der Waals surface area (Å²) in [5, 5.41) is 0. The van der Waals surface area contributed by atoms with E-state index in [9.17, 15) is 9.59 Å². The van der Waals surface area contributed by atoms with E-state index >= 15 is 0 Å². The summed E-state index contributed by atoms with van der Waals surface area (Å²) >= 11 is 0. The van der Waals surface area contributed by atoms with Crippen LogP contribution in [0.5, 0.6) is 5.75 Å². The van der Waals surface area contributed by atoms with Crippen LogP contribution in [0.4, 0.5) is 0 Å². The molecule has 0 N–H and O–H groups in total. The minimum atomic E-state index is -0.993. The van der Waals surface area contributed by atoms with Gasteiger partial charge in [-0.15, -0.1) is 0 Å². The van der Waals surface area contributed by atoms with Crippen LogP contribution >= 0.6 is 0 Å². The number of ether oxygens (including phenoxy) is 3.